The number of carbonyl (C=O) groups excluding carboxylic acids is 3. The maximum Gasteiger partial charge on any atom is 0.312 e. The Hall–Kier alpha value is -5.97. The van der Waals surface area contributed by atoms with Crippen LogP contribution < -0.4 is 20.2 Å². The molecule has 1 saturated heterocycles. The minimum Gasteiger partial charge on any atom is -0.507 e. The summed E-state index contributed by atoms with van der Waals surface area (Å²) < 4.78 is 36.6. The molecule has 0 radical (unpaired) electrons. The van der Waals surface area contributed by atoms with E-state index < -0.39 is 58.9 Å². The molecule has 0 saturated carbocycles. The van der Waals surface area contributed by atoms with Crippen molar-refractivity contribution in [3.05, 3.63) is 69.6 Å². The molecule has 7 rings (SSSR count). The van der Waals surface area contributed by atoms with Crippen molar-refractivity contribution in [3.63, 3.8) is 0 Å². The van der Waals surface area contributed by atoms with E-state index in [2.05, 4.69) is 17.3 Å². The van der Waals surface area contributed by atoms with Crippen LogP contribution in [-0.4, -0.2) is 101 Å². The highest BCUT2D eigenvalue weighted by Crippen LogP contribution is 2.51. The average molecular weight is 912 g/mol. The molecule has 16 heteroatoms. The SMILES string of the molecule is CO[C@H]1/C=C/O[C@@]2(C)Oc3c(C)c(O)c4c(=O)c(c5oc6cc(OCC7CCN(C)CC7)cc(O)c6nc-5c4c3C2=O)NC(=O)/C(C)=C\C=C\[C@H](C)[C@H](O)[C@@H](C)C[C@@H](C)[C@H](OC(C)=O)[C@@H]1C. The van der Waals surface area contributed by atoms with Gasteiger partial charge in [0.2, 0.25) is 5.43 Å². The van der Waals surface area contributed by atoms with E-state index in [0.29, 0.717) is 24.7 Å². The number of aromatic nitrogens is 1. The van der Waals surface area contributed by atoms with Crippen LogP contribution in [0, 0.1) is 36.5 Å². The number of nitrogens with one attached hydrogen (secondary N) is 1. The molecule has 1 aliphatic carbocycles. The van der Waals surface area contributed by atoms with E-state index in [1.165, 1.54) is 52.4 Å². The summed E-state index contributed by atoms with van der Waals surface area (Å²) in [5.74, 6) is -5.81. The number of phenolic OH excluding ortho intramolecular Hbond substituents is 2. The van der Waals surface area contributed by atoms with E-state index in [1.807, 2.05) is 27.7 Å². The van der Waals surface area contributed by atoms with E-state index in [9.17, 15) is 34.5 Å². The Bertz CT molecular complexity index is 2660. The normalized spacial score (nSPS) is 29.0. The zero-order valence-corrected chi connectivity index (χ0v) is 39.2. The van der Waals surface area contributed by atoms with Crippen LogP contribution in [0.3, 0.4) is 0 Å². The van der Waals surface area contributed by atoms with Crippen molar-refractivity contribution >= 4 is 45.2 Å². The van der Waals surface area contributed by atoms with Gasteiger partial charge < -0.3 is 53.6 Å². The Morgan fingerprint density at radius 2 is 1.74 bits per heavy atom. The van der Waals surface area contributed by atoms with Gasteiger partial charge in [0.15, 0.2) is 11.3 Å². The molecule has 1 amide bonds. The average Bonchev–Trinajstić information content (AvgIpc) is 3.54. The van der Waals surface area contributed by atoms with Gasteiger partial charge in [0, 0.05) is 61.4 Å². The monoisotopic (exact) mass is 911 g/mol. The zero-order valence-electron chi connectivity index (χ0n) is 39.2. The van der Waals surface area contributed by atoms with E-state index in [0.717, 1.165) is 25.9 Å². The van der Waals surface area contributed by atoms with Crippen LogP contribution in [0.4, 0.5) is 5.69 Å². The number of phenols is 2. The van der Waals surface area contributed by atoms with Gasteiger partial charge in [-0.25, -0.2) is 4.98 Å². The number of piperidine rings is 1. The summed E-state index contributed by atoms with van der Waals surface area (Å²) in [4.78, 5) is 63.0. The van der Waals surface area contributed by atoms with Crippen molar-refractivity contribution < 1.29 is 57.8 Å². The van der Waals surface area contributed by atoms with Gasteiger partial charge in [0.1, 0.15) is 46.0 Å². The summed E-state index contributed by atoms with van der Waals surface area (Å²) in [7, 11) is 3.57. The number of esters is 1. The predicted octanol–water partition coefficient (Wildman–Crippen LogP) is 7.40. The van der Waals surface area contributed by atoms with Crippen LogP contribution in [0.2, 0.25) is 0 Å². The number of benzene rings is 3. The van der Waals surface area contributed by atoms with Crippen molar-refractivity contribution in [2.24, 2.45) is 29.6 Å². The highest BCUT2D eigenvalue weighted by atomic mass is 16.7. The second kappa shape index (κ2) is 19.1. The van der Waals surface area contributed by atoms with Crippen molar-refractivity contribution in [2.75, 3.05) is 39.2 Å². The number of ether oxygens (including phenoxy) is 5. The number of ketones is 1. The number of Topliss-reactive ketones (excluding diaryl/α,β-unsaturated/α-hetero) is 1. The summed E-state index contributed by atoms with van der Waals surface area (Å²) in [6.07, 6.45) is 8.01. The van der Waals surface area contributed by atoms with Gasteiger partial charge in [-0.05, 0) is 77.1 Å². The third kappa shape index (κ3) is 9.23. The molecule has 66 heavy (non-hydrogen) atoms. The number of hydrogen-bond acceptors (Lipinski definition) is 15. The largest absolute Gasteiger partial charge is 0.507 e. The summed E-state index contributed by atoms with van der Waals surface area (Å²) >= 11 is 0. The second-order valence-electron chi connectivity index (χ2n) is 18.6. The minimum atomic E-state index is -2.04. The van der Waals surface area contributed by atoms with E-state index >= 15 is 0 Å². The molecule has 2 aromatic carbocycles. The molecule has 1 fully saturated rings. The number of rotatable bonds is 5. The van der Waals surface area contributed by atoms with Crippen molar-refractivity contribution in [2.45, 2.75) is 98.8 Å². The van der Waals surface area contributed by atoms with Gasteiger partial charge in [-0.3, -0.25) is 19.2 Å². The van der Waals surface area contributed by atoms with Crippen molar-refractivity contribution in [1.82, 2.24) is 9.88 Å². The summed E-state index contributed by atoms with van der Waals surface area (Å²) in [5.41, 5.74) is -1.34. The number of aliphatic hydroxyl groups is 1. The van der Waals surface area contributed by atoms with Crippen LogP contribution in [0.5, 0.6) is 23.0 Å². The number of amides is 1. The van der Waals surface area contributed by atoms with Crippen molar-refractivity contribution in [3.8, 4) is 34.5 Å². The molecule has 4 heterocycles. The summed E-state index contributed by atoms with van der Waals surface area (Å²) in [6, 6.07) is 2.94. The number of methoxy groups -OCH3 is 1. The van der Waals surface area contributed by atoms with Gasteiger partial charge in [-0.2, -0.15) is 0 Å². The Kier molecular flexibility index (Phi) is 13.9. The lowest BCUT2D eigenvalue weighted by Crippen LogP contribution is -2.40. The van der Waals surface area contributed by atoms with Crippen molar-refractivity contribution in [1.29, 1.82) is 0 Å². The second-order valence-corrected chi connectivity index (χ2v) is 18.6. The van der Waals surface area contributed by atoms with E-state index in [1.54, 1.807) is 25.2 Å². The van der Waals surface area contributed by atoms with Gasteiger partial charge in [0.25, 0.3) is 11.7 Å². The van der Waals surface area contributed by atoms with Crippen LogP contribution in [0.15, 0.2) is 57.5 Å². The van der Waals surface area contributed by atoms with Gasteiger partial charge in [-0.1, -0.05) is 45.9 Å². The van der Waals surface area contributed by atoms with Crippen LogP contribution >= 0.6 is 0 Å². The Morgan fingerprint density at radius 3 is 2.42 bits per heavy atom. The zero-order chi connectivity index (χ0) is 47.9. The molecule has 4 N–H and O–H groups in total. The number of allylic oxidation sites excluding steroid dienone is 2. The Balaban J connectivity index is 1.41. The fourth-order valence-electron chi connectivity index (χ4n) is 9.46. The van der Waals surface area contributed by atoms with E-state index in [-0.39, 0.29) is 85.0 Å². The highest BCUT2D eigenvalue weighted by molar-refractivity contribution is 6.22. The molecule has 0 aromatic heterocycles. The number of aromatic hydroxyl groups is 2. The number of carbonyl (C=O) groups is 3. The Labute approximate surface area is 383 Å². The lowest BCUT2D eigenvalue weighted by molar-refractivity contribution is -0.155. The number of anilines is 1. The molecule has 354 valence electrons. The molecular weight excluding hydrogens is 851 g/mol. The van der Waals surface area contributed by atoms with Crippen LogP contribution in [-0.2, 0) is 23.8 Å². The maximum atomic E-state index is 14.8. The number of likely N-dealkylation sites (tertiary alicyclic amines) is 1. The predicted molar refractivity (Wildman–Crippen MR) is 247 cm³/mol. The molecule has 2 aromatic rings. The summed E-state index contributed by atoms with van der Waals surface area (Å²) in [6.45, 7) is 15.6. The molecule has 4 bridgehead atoms. The standard InChI is InChI=1S/C50H61N3O13/c1-24-12-11-13-25(2)49(60)52-41-44(58)37-36(40-47(41)65-35-22-32(21-33(55)39(35)51-40)62-23-31-14-17-53(9)18-15-31)38-46(29(6)43(37)57)66-50(8,48(38)59)63-19-16-34(61-10)28(5)45(64-30(7)54)27(4)20-26(3)42(24)56/h11-13,16,19,21-22,24,26-28,31,34,42,45,55-57H,14-15,17-18,20,23H2,1-10H3,(H,52,60)/b12-11+,19-16+,25-13-/t24-,26-,27+,28+,34-,42-,45-,50-/m0/s1. The Morgan fingerprint density at radius 1 is 1.03 bits per heavy atom. The van der Waals surface area contributed by atoms with Gasteiger partial charge in [-0.15, -0.1) is 0 Å². The number of nitrogens with zero attached hydrogens (tertiary/aromatic N) is 2. The topological polar surface area (TPSA) is 216 Å². The van der Waals surface area contributed by atoms with Crippen LogP contribution in [0.25, 0.3) is 33.3 Å². The van der Waals surface area contributed by atoms with Gasteiger partial charge in [0.05, 0.1) is 36.0 Å². The fraction of sp³-hybridized carbons (Fsp3) is 0.500. The third-order valence-corrected chi connectivity index (χ3v) is 13.5. The van der Waals surface area contributed by atoms with E-state index in [4.69, 9.17) is 33.1 Å². The molecule has 0 spiro atoms. The maximum absolute atomic E-state index is 14.8. The van der Waals surface area contributed by atoms with Gasteiger partial charge >= 0.3 is 11.8 Å². The molecule has 5 aliphatic rings. The third-order valence-electron chi connectivity index (χ3n) is 13.5. The number of fused-ring (bicyclic) bond motifs is 2. The first-order valence-corrected chi connectivity index (χ1v) is 22.5. The lowest BCUT2D eigenvalue weighted by atomic mass is 9.80. The molecular formula is C50H61N3O13. The summed E-state index contributed by atoms with van der Waals surface area (Å²) in [5, 5.41) is 36.9. The lowest BCUT2D eigenvalue weighted by Gasteiger charge is -2.34. The first-order chi connectivity index (χ1) is 31.2. The minimum absolute atomic E-state index is 0.0152. The first-order valence-electron chi connectivity index (χ1n) is 22.5. The number of aliphatic hydroxyl groups excluding tert-OH is 1. The number of hydrogen-bond donors (Lipinski definition) is 4. The highest BCUT2D eigenvalue weighted by Gasteiger charge is 2.50. The molecule has 0 unspecified atom stereocenters. The smallest absolute Gasteiger partial charge is 0.312 e. The van der Waals surface area contributed by atoms with Crippen LogP contribution in [0.1, 0.15) is 83.7 Å². The first kappa shape index (κ1) is 48.0. The molecule has 4 aliphatic heterocycles. The quantitative estimate of drug-likeness (QED) is 0.0872. The molecule has 8 atom stereocenters. The molecule has 16 nitrogen and oxygen atoms in total. The fourth-order valence-corrected chi connectivity index (χ4v) is 9.46.